The van der Waals surface area contributed by atoms with E-state index in [4.69, 9.17) is 0 Å². The Morgan fingerprint density at radius 2 is 1.83 bits per heavy atom. The van der Waals surface area contributed by atoms with E-state index in [1.807, 2.05) is 29.2 Å². The maximum Gasteiger partial charge on any atom is 0.416 e. The first-order valence-corrected chi connectivity index (χ1v) is 11.6. The van der Waals surface area contributed by atoms with Crippen molar-refractivity contribution in [2.45, 2.75) is 37.9 Å². The molecule has 2 saturated heterocycles. The third-order valence-electron chi connectivity index (χ3n) is 6.94. The molecule has 3 heterocycles. The number of H-pyrrole nitrogens is 1. The summed E-state index contributed by atoms with van der Waals surface area (Å²) >= 11 is 0. The van der Waals surface area contributed by atoms with Crippen molar-refractivity contribution in [2.24, 2.45) is 5.92 Å². The van der Waals surface area contributed by atoms with Crippen molar-refractivity contribution in [1.82, 2.24) is 14.9 Å². The normalized spacial score (nSPS) is 19.5. The second-order valence-electron chi connectivity index (χ2n) is 9.05. The number of para-hydroxylation sites is 2. The van der Waals surface area contributed by atoms with E-state index in [0.717, 1.165) is 41.8 Å². The monoisotopic (exact) mass is 487 g/mol. The number of aromatic amines is 1. The first kappa shape index (κ1) is 23.1. The number of piperidine rings is 1. The van der Waals surface area contributed by atoms with E-state index in [2.05, 4.69) is 9.97 Å². The molecule has 11 heteroatoms. The van der Waals surface area contributed by atoms with Gasteiger partial charge in [-0.3, -0.25) is 14.9 Å². The van der Waals surface area contributed by atoms with Crippen molar-refractivity contribution >= 4 is 28.3 Å². The maximum atomic E-state index is 13.4. The van der Waals surface area contributed by atoms with Gasteiger partial charge in [-0.1, -0.05) is 12.1 Å². The Labute approximate surface area is 198 Å². The number of nitro benzene ring substituents is 1. The van der Waals surface area contributed by atoms with Gasteiger partial charge in [-0.2, -0.15) is 13.2 Å². The lowest BCUT2D eigenvalue weighted by Gasteiger charge is -2.35. The van der Waals surface area contributed by atoms with E-state index in [-0.39, 0.29) is 23.6 Å². The quantitative estimate of drug-likeness (QED) is 0.410. The molecule has 1 amide bonds. The van der Waals surface area contributed by atoms with E-state index in [0.29, 0.717) is 38.5 Å². The molecule has 2 fully saturated rings. The molecule has 184 valence electrons. The number of carbonyl (C=O) groups excluding carboxylic acids is 1. The molecule has 8 nitrogen and oxygen atoms in total. The summed E-state index contributed by atoms with van der Waals surface area (Å²) in [5, 5.41) is 11.5. The molecule has 0 saturated carbocycles. The zero-order valence-corrected chi connectivity index (χ0v) is 18.8. The SMILES string of the molecule is O=C(C1CCN(c2ccc(C(F)(F)F)cc2[N+](=O)[O-])CC1)N1CCCC1c1nc2ccccc2[nH]1. The highest BCUT2D eigenvalue weighted by atomic mass is 19.4. The summed E-state index contributed by atoms with van der Waals surface area (Å²) in [6.45, 7) is 1.35. The highest BCUT2D eigenvalue weighted by Crippen LogP contribution is 2.39. The number of alkyl halides is 3. The van der Waals surface area contributed by atoms with E-state index in [1.165, 1.54) is 0 Å². The van der Waals surface area contributed by atoms with Gasteiger partial charge in [-0.15, -0.1) is 0 Å². The predicted octanol–water partition coefficient (Wildman–Crippen LogP) is 5.07. The molecule has 0 radical (unpaired) electrons. The molecule has 5 rings (SSSR count). The second-order valence-corrected chi connectivity index (χ2v) is 9.05. The van der Waals surface area contributed by atoms with Crippen LogP contribution in [0.4, 0.5) is 24.5 Å². The Morgan fingerprint density at radius 3 is 2.51 bits per heavy atom. The standard InChI is InChI=1S/C24H24F3N5O3/c25-24(26,27)16-7-8-19(21(14-16)32(34)35)30-12-9-15(10-13-30)23(33)31-11-3-6-20(31)22-28-17-4-1-2-5-18(17)29-22/h1-2,4-5,7-8,14-15,20H,3,6,9-13H2,(H,28,29). The van der Waals surface area contributed by atoms with Gasteiger partial charge in [0.2, 0.25) is 5.91 Å². The Kier molecular flexibility index (Phi) is 5.86. The van der Waals surface area contributed by atoms with Crippen LogP contribution in [0, 0.1) is 16.0 Å². The zero-order chi connectivity index (χ0) is 24.7. The van der Waals surface area contributed by atoms with Gasteiger partial charge in [-0.05, 0) is 49.9 Å². The average Bonchev–Trinajstić information content (AvgIpc) is 3.49. The summed E-state index contributed by atoms with van der Waals surface area (Å²) in [5.41, 5.74) is 0.300. The number of amides is 1. The average molecular weight is 487 g/mol. The minimum Gasteiger partial charge on any atom is -0.366 e. The van der Waals surface area contributed by atoms with Crippen LogP contribution in [0.2, 0.25) is 0 Å². The molecule has 2 aromatic carbocycles. The van der Waals surface area contributed by atoms with Crippen molar-refractivity contribution in [1.29, 1.82) is 0 Å². The lowest BCUT2D eigenvalue weighted by Crippen LogP contribution is -2.42. The minimum atomic E-state index is -4.66. The van der Waals surface area contributed by atoms with E-state index in [1.54, 1.807) is 4.90 Å². The van der Waals surface area contributed by atoms with Crippen molar-refractivity contribution in [3.63, 3.8) is 0 Å². The van der Waals surface area contributed by atoms with Crippen LogP contribution in [-0.4, -0.2) is 45.3 Å². The van der Waals surface area contributed by atoms with Crippen molar-refractivity contribution < 1.29 is 22.9 Å². The van der Waals surface area contributed by atoms with Crippen LogP contribution in [0.25, 0.3) is 11.0 Å². The Morgan fingerprint density at radius 1 is 1.09 bits per heavy atom. The number of nitrogens with one attached hydrogen (secondary N) is 1. The van der Waals surface area contributed by atoms with Crippen molar-refractivity contribution in [2.75, 3.05) is 24.5 Å². The zero-order valence-electron chi connectivity index (χ0n) is 18.8. The number of nitro groups is 1. The van der Waals surface area contributed by atoms with Gasteiger partial charge in [0, 0.05) is 31.6 Å². The van der Waals surface area contributed by atoms with Gasteiger partial charge in [0.05, 0.1) is 27.6 Å². The van der Waals surface area contributed by atoms with Crippen LogP contribution in [0.1, 0.15) is 43.1 Å². The lowest BCUT2D eigenvalue weighted by molar-refractivity contribution is -0.384. The Hall–Kier alpha value is -3.63. The van der Waals surface area contributed by atoms with Crippen LogP contribution in [-0.2, 0) is 11.0 Å². The minimum absolute atomic E-state index is 0.0366. The molecule has 1 aromatic heterocycles. The van der Waals surface area contributed by atoms with Crippen LogP contribution in [0.15, 0.2) is 42.5 Å². The number of carbonyl (C=O) groups is 1. The number of hydrogen-bond acceptors (Lipinski definition) is 5. The molecule has 0 aliphatic carbocycles. The van der Waals surface area contributed by atoms with Crippen LogP contribution >= 0.6 is 0 Å². The molecule has 2 aliphatic rings. The number of likely N-dealkylation sites (tertiary alicyclic amines) is 1. The summed E-state index contributed by atoms with van der Waals surface area (Å²) in [5.74, 6) is 0.564. The highest BCUT2D eigenvalue weighted by molar-refractivity contribution is 5.80. The van der Waals surface area contributed by atoms with Gasteiger partial charge in [0.25, 0.3) is 5.69 Å². The molecule has 35 heavy (non-hydrogen) atoms. The van der Waals surface area contributed by atoms with Crippen LogP contribution in [0.5, 0.6) is 0 Å². The smallest absolute Gasteiger partial charge is 0.366 e. The number of halogens is 3. The molecule has 2 aliphatic heterocycles. The molecular formula is C24H24F3N5O3. The summed E-state index contributed by atoms with van der Waals surface area (Å²) in [4.78, 5) is 35.7. The molecule has 0 bridgehead atoms. The molecular weight excluding hydrogens is 463 g/mol. The molecule has 1 unspecified atom stereocenters. The third-order valence-corrected chi connectivity index (χ3v) is 6.94. The molecule has 1 N–H and O–H groups in total. The summed E-state index contributed by atoms with van der Waals surface area (Å²) in [6, 6.07) is 10.2. The number of rotatable bonds is 4. The summed E-state index contributed by atoms with van der Waals surface area (Å²) in [6.07, 6.45) is -2.01. The number of hydrogen-bond donors (Lipinski definition) is 1. The van der Waals surface area contributed by atoms with Gasteiger partial charge in [-0.25, -0.2) is 4.98 Å². The Bertz CT molecular complexity index is 1230. The van der Waals surface area contributed by atoms with Crippen molar-refractivity contribution in [3.05, 3.63) is 64.0 Å². The van der Waals surface area contributed by atoms with Gasteiger partial charge in [0.15, 0.2) is 0 Å². The predicted molar refractivity (Wildman–Crippen MR) is 123 cm³/mol. The topological polar surface area (TPSA) is 95.4 Å². The summed E-state index contributed by atoms with van der Waals surface area (Å²) < 4.78 is 39.1. The van der Waals surface area contributed by atoms with E-state index < -0.39 is 22.4 Å². The van der Waals surface area contributed by atoms with Gasteiger partial charge in [0.1, 0.15) is 11.5 Å². The number of nitrogens with zero attached hydrogens (tertiary/aromatic N) is 4. The lowest BCUT2D eigenvalue weighted by atomic mass is 9.94. The van der Waals surface area contributed by atoms with Crippen molar-refractivity contribution in [3.8, 4) is 0 Å². The number of anilines is 1. The third kappa shape index (κ3) is 4.42. The highest BCUT2D eigenvalue weighted by Gasteiger charge is 2.38. The van der Waals surface area contributed by atoms with Crippen LogP contribution < -0.4 is 4.90 Å². The molecule has 1 atom stereocenters. The fourth-order valence-corrected chi connectivity index (χ4v) is 5.16. The molecule has 0 spiro atoms. The van der Waals surface area contributed by atoms with E-state index in [9.17, 15) is 28.1 Å². The van der Waals surface area contributed by atoms with Gasteiger partial charge < -0.3 is 14.8 Å². The molecule has 3 aromatic rings. The Balaban J connectivity index is 1.29. The second kappa shape index (κ2) is 8.86. The number of aromatic nitrogens is 2. The van der Waals surface area contributed by atoms with Crippen LogP contribution in [0.3, 0.4) is 0 Å². The first-order chi connectivity index (χ1) is 16.7. The van der Waals surface area contributed by atoms with Gasteiger partial charge >= 0.3 is 6.18 Å². The summed E-state index contributed by atoms with van der Waals surface area (Å²) in [7, 11) is 0. The maximum absolute atomic E-state index is 13.4. The van der Waals surface area contributed by atoms with E-state index >= 15 is 0 Å². The fraction of sp³-hybridized carbons (Fsp3) is 0.417. The number of fused-ring (bicyclic) bond motifs is 1. The number of imidazole rings is 1. The fourth-order valence-electron chi connectivity index (χ4n) is 5.16. The number of benzene rings is 2. The first-order valence-electron chi connectivity index (χ1n) is 11.6. The largest absolute Gasteiger partial charge is 0.416 e.